The SMILES string of the molecule is CCCN1CCc2nc3scc(CCCC(=O)O)n3c2C1. The van der Waals surface area contributed by atoms with Crippen LogP contribution in [0, 0.1) is 0 Å². The second kappa shape index (κ2) is 6.15. The number of fused-ring (bicyclic) bond motifs is 3. The van der Waals surface area contributed by atoms with Crippen molar-refractivity contribution in [2.75, 3.05) is 13.1 Å². The second-order valence-corrected chi connectivity index (χ2v) is 6.46. The lowest BCUT2D eigenvalue weighted by molar-refractivity contribution is -0.137. The van der Waals surface area contributed by atoms with E-state index in [4.69, 9.17) is 10.1 Å². The average molecular weight is 307 g/mol. The number of aromatic nitrogens is 2. The van der Waals surface area contributed by atoms with Crippen molar-refractivity contribution in [2.45, 2.75) is 45.6 Å². The van der Waals surface area contributed by atoms with Gasteiger partial charge in [0.2, 0.25) is 0 Å². The fourth-order valence-electron chi connectivity index (χ4n) is 3.04. The van der Waals surface area contributed by atoms with Crippen LogP contribution in [0.1, 0.15) is 43.3 Å². The van der Waals surface area contributed by atoms with Gasteiger partial charge in [-0.1, -0.05) is 6.92 Å². The third-order valence-corrected chi connectivity index (χ3v) is 4.89. The predicted octanol–water partition coefficient (Wildman–Crippen LogP) is 2.57. The van der Waals surface area contributed by atoms with Gasteiger partial charge in [0.25, 0.3) is 0 Å². The highest BCUT2D eigenvalue weighted by Crippen LogP contribution is 2.26. The molecule has 2 aromatic heterocycles. The van der Waals surface area contributed by atoms with Crippen LogP contribution in [0.15, 0.2) is 5.38 Å². The van der Waals surface area contributed by atoms with Crippen LogP contribution in [-0.2, 0) is 24.2 Å². The third kappa shape index (κ3) is 2.96. The fraction of sp³-hybridized carbons (Fsp3) is 0.600. The van der Waals surface area contributed by atoms with Crippen LogP contribution in [0.5, 0.6) is 0 Å². The summed E-state index contributed by atoms with van der Waals surface area (Å²) in [4.78, 5) is 19.0. The van der Waals surface area contributed by atoms with Crippen LogP contribution in [0.25, 0.3) is 4.96 Å². The van der Waals surface area contributed by atoms with E-state index in [0.717, 1.165) is 37.4 Å². The van der Waals surface area contributed by atoms with E-state index in [1.54, 1.807) is 11.3 Å². The first-order valence-corrected chi connectivity index (χ1v) is 8.47. The quantitative estimate of drug-likeness (QED) is 0.891. The van der Waals surface area contributed by atoms with Gasteiger partial charge in [0, 0.05) is 37.0 Å². The zero-order valence-corrected chi connectivity index (χ0v) is 13.2. The van der Waals surface area contributed by atoms with Gasteiger partial charge in [0.15, 0.2) is 4.96 Å². The lowest BCUT2D eigenvalue weighted by Gasteiger charge is -2.26. The number of carboxylic acids is 1. The van der Waals surface area contributed by atoms with E-state index in [2.05, 4.69) is 21.6 Å². The number of aliphatic carboxylic acids is 1. The third-order valence-electron chi connectivity index (χ3n) is 4.01. The molecule has 0 spiro atoms. The van der Waals surface area contributed by atoms with Gasteiger partial charge in [-0.3, -0.25) is 14.1 Å². The maximum Gasteiger partial charge on any atom is 0.303 e. The van der Waals surface area contributed by atoms with E-state index in [0.29, 0.717) is 6.42 Å². The Morgan fingerprint density at radius 1 is 1.52 bits per heavy atom. The van der Waals surface area contributed by atoms with Crippen LogP contribution >= 0.6 is 11.3 Å². The van der Waals surface area contributed by atoms with E-state index < -0.39 is 5.97 Å². The standard InChI is InChI=1S/C15H21N3O2S/c1-2-7-17-8-6-12-13(9-17)18-11(4-3-5-14(19)20)10-21-15(18)16-12/h10H,2-9H2,1H3,(H,19,20). The Labute approximate surface area is 128 Å². The maximum absolute atomic E-state index is 10.7. The molecule has 3 rings (SSSR count). The summed E-state index contributed by atoms with van der Waals surface area (Å²) in [5.41, 5.74) is 3.76. The minimum atomic E-state index is -0.719. The Kier molecular flexibility index (Phi) is 4.26. The number of nitrogens with zero attached hydrogens (tertiary/aromatic N) is 3. The number of hydrogen-bond acceptors (Lipinski definition) is 4. The van der Waals surface area contributed by atoms with E-state index in [-0.39, 0.29) is 6.42 Å². The highest BCUT2D eigenvalue weighted by molar-refractivity contribution is 7.15. The molecule has 0 bridgehead atoms. The number of rotatable bonds is 6. The molecule has 5 nitrogen and oxygen atoms in total. The van der Waals surface area contributed by atoms with Crippen LogP contribution in [0.2, 0.25) is 0 Å². The van der Waals surface area contributed by atoms with Crippen LogP contribution < -0.4 is 0 Å². The van der Waals surface area contributed by atoms with Crippen molar-refractivity contribution < 1.29 is 9.90 Å². The predicted molar refractivity (Wildman–Crippen MR) is 82.9 cm³/mol. The van der Waals surface area contributed by atoms with Crippen molar-refractivity contribution in [3.63, 3.8) is 0 Å². The molecule has 1 aliphatic rings. The van der Waals surface area contributed by atoms with E-state index in [1.807, 2.05) is 0 Å². The Balaban J connectivity index is 1.83. The van der Waals surface area contributed by atoms with Crippen molar-refractivity contribution >= 4 is 22.3 Å². The normalized spacial score (nSPS) is 15.5. The number of hydrogen-bond donors (Lipinski definition) is 1. The molecule has 0 radical (unpaired) electrons. The summed E-state index contributed by atoms with van der Waals surface area (Å²) in [6.07, 6.45) is 3.93. The minimum Gasteiger partial charge on any atom is -0.481 e. The lowest BCUT2D eigenvalue weighted by atomic mass is 10.1. The molecule has 21 heavy (non-hydrogen) atoms. The zero-order valence-electron chi connectivity index (χ0n) is 12.3. The summed E-state index contributed by atoms with van der Waals surface area (Å²) in [7, 11) is 0. The van der Waals surface area contributed by atoms with Gasteiger partial charge in [-0.2, -0.15) is 0 Å². The highest BCUT2D eigenvalue weighted by Gasteiger charge is 2.23. The molecule has 0 fully saturated rings. The van der Waals surface area contributed by atoms with Crippen molar-refractivity contribution in [3.8, 4) is 0 Å². The number of carbonyl (C=O) groups is 1. The summed E-state index contributed by atoms with van der Waals surface area (Å²) in [6.45, 7) is 5.40. The van der Waals surface area contributed by atoms with Gasteiger partial charge in [-0.15, -0.1) is 11.3 Å². The fourth-order valence-corrected chi connectivity index (χ4v) is 4.00. The van der Waals surface area contributed by atoms with Crippen molar-refractivity contribution in [1.82, 2.24) is 14.3 Å². The molecule has 0 saturated carbocycles. The first kappa shape index (κ1) is 14.5. The van der Waals surface area contributed by atoms with Crippen LogP contribution in [-0.4, -0.2) is 38.4 Å². The van der Waals surface area contributed by atoms with Gasteiger partial charge in [0.05, 0.1) is 11.4 Å². The van der Waals surface area contributed by atoms with E-state index in [1.165, 1.54) is 23.5 Å². The maximum atomic E-state index is 10.7. The number of carboxylic acid groups (broad SMARTS) is 1. The molecule has 0 aliphatic carbocycles. The number of imidazole rings is 1. The molecule has 0 atom stereocenters. The van der Waals surface area contributed by atoms with Gasteiger partial charge in [-0.25, -0.2) is 4.98 Å². The minimum absolute atomic E-state index is 0.232. The summed E-state index contributed by atoms with van der Waals surface area (Å²) >= 11 is 1.67. The summed E-state index contributed by atoms with van der Waals surface area (Å²) in [5.74, 6) is -0.719. The molecule has 6 heteroatoms. The Bertz CT molecular complexity index is 647. The summed E-state index contributed by atoms with van der Waals surface area (Å²) in [5, 5.41) is 10.9. The number of thiazole rings is 1. The van der Waals surface area contributed by atoms with Crippen molar-refractivity contribution in [2.24, 2.45) is 0 Å². The van der Waals surface area contributed by atoms with Crippen molar-refractivity contribution in [3.05, 3.63) is 22.5 Å². The molecule has 1 N–H and O–H groups in total. The van der Waals surface area contributed by atoms with Gasteiger partial charge < -0.3 is 5.11 Å². The average Bonchev–Trinajstić information content (AvgIpc) is 2.99. The molecular formula is C15H21N3O2S. The molecule has 114 valence electrons. The molecular weight excluding hydrogens is 286 g/mol. The molecule has 1 aliphatic heterocycles. The molecule has 0 amide bonds. The zero-order chi connectivity index (χ0) is 14.8. The largest absolute Gasteiger partial charge is 0.481 e. The Morgan fingerprint density at radius 3 is 3.14 bits per heavy atom. The van der Waals surface area contributed by atoms with Crippen molar-refractivity contribution in [1.29, 1.82) is 0 Å². The van der Waals surface area contributed by atoms with Crippen LogP contribution in [0.4, 0.5) is 0 Å². The monoisotopic (exact) mass is 307 g/mol. The smallest absolute Gasteiger partial charge is 0.303 e. The molecule has 3 heterocycles. The summed E-state index contributed by atoms with van der Waals surface area (Å²) < 4.78 is 2.27. The Hall–Kier alpha value is -1.40. The van der Waals surface area contributed by atoms with Gasteiger partial charge in [-0.05, 0) is 25.8 Å². The topological polar surface area (TPSA) is 57.8 Å². The van der Waals surface area contributed by atoms with Gasteiger partial charge in [0.1, 0.15) is 0 Å². The van der Waals surface area contributed by atoms with Crippen LogP contribution in [0.3, 0.4) is 0 Å². The first-order valence-electron chi connectivity index (χ1n) is 7.59. The van der Waals surface area contributed by atoms with E-state index in [9.17, 15) is 4.79 Å². The Morgan fingerprint density at radius 2 is 2.38 bits per heavy atom. The first-order chi connectivity index (χ1) is 10.2. The van der Waals surface area contributed by atoms with E-state index >= 15 is 0 Å². The lowest BCUT2D eigenvalue weighted by Crippen LogP contribution is -2.31. The molecule has 0 aromatic carbocycles. The molecule has 0 saturated heterocycles. The highest BCUT2D eigenvalue weighted by atomic mass is 32.1. The summed E-state index contributed by atoms with van der Waals surface area (Å²) in [6, 6.07) is 0. The second-order valence-electron chi connectivity index (χ2n) is 5.62. The van der Waals surface area contributed by atoms with Gasteiger partial charge >= 0.3 is 5.97 Å². The molecule has 0 unspecified atom stereocenters. The number of aryl methyl sites for hydroxylation is 1. The molecule has 2 aromatic rings.